The van der Waals surface area contributed by atoms with Crippen LogP contribution < -0.4 is 10.2 Å². The first-order valence-corrected chi connectivity index (χ1v) is 7.12. The van der Waals surface area contributed by atoms with Gasteiger partial charge in [-0.2, -0.15) is 0 Å². The van der Waals surface area contributed by atoms with Gasteiger partial charge in [0.25, 0.3) is 5.91 Å². The standard InChI is InChI=1S/C15H19N3O2/c1-10-5-6-12(9-16-10)18-11(2)13(19)17-15(14(18)20)7-3-4-8-15/h5-6,9,11H,3-4,7-8H2,1-2H3,(H,17,19). The quantitative estimate of drug-likeness (QED) is 0.844. The smallest absolute Gasteiger partial charge is 0.253 e. The number of hydrogen-bond acceptors (Lipinski definition) is 3. The van der Waals surface area contributed by atoms with Crippen molar-refractivity contribution in [2.75, 3.05) is 4.90 Å². The number of carbonyl (C=O) groups excluding carboxylic acids is 2. The number of aryl methyl sites for hydroxylation is 1. The van der Waals surface area contributed by atoms with E-state index >= 15 is 0 Å². The molecule has 1 aromatic rings. The lowest BCUT2D eigenvalue weighted by atomic mass is 9.90. The Hall–Kier alpha value is -1.91. The highest BCUT2D eigenvalue weighted by molar-refractivity contribution is 6.10. The predicted octanol–water partition coefficient (Wildman–Crippen LogP) is 1.55. The second-order valence-corrected chi connectivity index (χ2v) is 5.79. The Morgan fingerprint density at radius 1 is 1.30 bits per heavy atom. The maximum atomic E-state index is 12.9. The highest BCUT2D eigenvalue weighted by atomic mass is 16.2. The molecule has 3 rings (SSSR count). The maximum Gasteiger partial charge on any atom is 0.253 e. The largest absolute Gasteiger partial charge is 0.340 e. The molecule has 0 bridgehead atoms. The Labute approximate surface area is 118 Å². The van der Waals surface area contributed by atoms with Crippen LogP contribution in [0.1, 0.15) is 38.3 Å². The van der Waals surface area contributed by atoms with E-state index < -0.39 is 11.6 Å². The van der Waals surface area contributed by atoms with Crippen molar-refractivity contribution in [3.8, 4) is 0 Å². The van der Waals surface area contributed by atoms with E-state index in [0.717, 1.165) is 31.4 Å². The first kappa shape index (κ1) is 13.1. The summed E-state index contributed by atoms with van der Waals surface area (Å²) in [5.41, 5.74) is 0.911. The highest BCUT2D eigenvalue weighted by Gasteiger charge is 2.51. The van der Waals surface area contributed by atoms with Gasteiger partial charge in [-0.15, -0.1) is 0 Å². The van der Waals surface area contributed by atoms with Crippen molar-refractivity contribution in [2.45, 2.75) is 51.1 Å². The molecule has 1 atom stereocenters. The molecule has 5 heteroatoms. The number of carbonyl (C=O) groups is 2. The molecular weight excluding hydrogens is 254 g/mol. The second kappa shape index (κ2) is 4.58. The van der Waals surface area contributed by atoms with E-state index in [9.17, 15) is 9.59 Å². The molecular formula is C15H19N3O2. The molecule has 20 heavy (non-hydrogen) atoms. The van der Waals surface area contributed by atoms with Gasteiger partial charge in [0.05, 0.1) is 11.9 Å². The van der Waals surface area contributed by atoms with Crippen LogP contribution in [0.15, 0.2) is 18.3 Å². The van der Waals surface area contributed by atoms with E-state index in [0.29, 0.717) is 5.69 Å². The summed E-state index contributed by atoms with van der Waals surface area (Å²) >= 11 is 0. The second-order valence-electron chi connectivity index (χ2n) is 5.79. The number of rotatable bonds is 1. The van der Waals surface area contributed by atoms with Gasteiger partial charge >= 0.3 is 0 Å². The molecule has 1 aromatic heterocycles. The lowest BCUT2D eigenvalue weighted by molar-refractivity contribution is -0.137. The SMILES string of the molecule is Cc1ccc(N2C(=O)C3(CCCC3)NC(=O)C2C)cn1. The van der Waals surface area contributed by atoms with Crippen molar-refractivity contribution in [3.05, 3.63) is 24.0 Å². The Bertz CT molecular complexity index is 547. The maximum absolute atomic E-state index is 12.9. The molecule has 1 saturated carbocycles. The molecule has 0 radical (unpaired) electrons. The third-order valence-electron chi connectivity index (χ3n) is 4.39. The minimum Gasteiger partial charge on any atom is -0.340 e. The Balaban J connectivity index is 2.00. The van der Waals surface area contributed by atoms with Crippen LogP contribution in [0.4, 0.5) is 5.69 Å². The molecule has 5 nitrogen and oxygen atoms in total. The van der Waals surface area contributed by atoms with Crippen molar-refractivity contribution in [1.29, 1.82) is 0 Å². The van der Waals surface area contributed by atoms with Gasteiger partial charge in [0.2, 0.25) is 5.91 Å². The van der Waals surface area contributed by atoms with E-state index in [1.165, 1.54) is 0 Å². The first-order valence-electron chi connectivity index (χ1n) is 7.12. The monoisotopic (exact) mass is 273 g/mol. The number of nitrogens with zero attached hydrogens (tertiary/aromatic N) is 2. The zero-order valence-corrected chi connectivity index (χ0v) is 11.8. The lowest BCUT2D eigenvalue weighted by Gasteiger charge is -2.43. The molecule has 1 N–H and O–H groups in total. The third kappa shape index (κ3) is 1.88. The van der Waals surface area contributed by atoms with Crippen molar-refractivity contribution >= 4 is 17.5 Å². The molecule has 106 valence electrons. The summed E-state index contributed by atoms with van der Waals surface area (Å²) in [6.45, 7) is 3.66. The minimum atomic E-state index is -0.686. The molecule has 1 saturated heterocycles. The number of pyridine rings is 1. The Morgan fingerprint density at radius 2 is 2.00 bits per heavy atom. The normalized spacial score (nSPS) is 25.1. The van der Waals surface area contributed by atoms with Crippen LogP contribution in [0.25, 0.3) is 0 Å². The summed E-state index contributed by atoms with van der Waals surface area (Å²) in [4.78, 5) is 30.9. The average Bonchev–Trinajstić information content (AvgIpc) is 2.89. The van der Waals surface area contributed by atoms with Gasteiger partial charge in [0.15, 0.2) is 0 Å². The van der Waals surface area contributed by atoms with Crippen molar-refractivity contribution < 1.29 is 9.59 Å². The summed E-state index contributed by atoms with van der Waals surface area (Å²) in [7, 11) is 0. The van der Waals surface area contributed by atoms with Crippen LogP contribution in [0.2, 0.25) is 0 Å². The van der Waals surface area contributed by atoms with Crippen LogP contribution in [-0.2, 0) is 9.59 Å². The number of piperazine rings is 1. The number of aromatic nitrogens is 1. The molecule has 1 aliphatic heterocycles. The van der Waals surface area contributed by atoms with E-state index in [1.807, 2.05) is 19.1 Å². The average molecular weight is 273 g/mol. The zero-order chi connectivity index (χ0) is 14.3. The predicted molar refractivity (Wildman–Crippen MR) is 75.3 cm³/mol. The minimum absolute atomic E-state index is 0.00718. The topological polar surface area (TPSA) is 62.3 Å². The van der Waals surface area contributed by atoms with Crippen LogP contribution in [0, 0.1) is 6.92 Å². The van der Waals surface area contributed by atoms with Gasteiger partial charge in [0, 0.05) is 5.69 Å². The number of nitrogens with one attached hydrogen (secondary N) is 1. The number of amides is 2. The van der Waals surface area contributed by atoms with Crippen LogP contribution in [-0.4, -0.2) is 28.4 Å². The molecule has 2 amide bonds. The zero-order valence-electron chi connectivity index (χ0n) is 11.8. The van der Waals surface area contributed by atoms with Gasteiger partial charge in [-0.3, -0.25) is 19.5 Å². The molecule has 2 fully saturated rings. The highest BCUT2D eigenvalue weighted by Crippen LogP contribution is 2.36. The number of anilines is 1. The third-order valence-corrected chi connectivity index (χ3v) is 4.39. The lowest BCUT2D eigenvalue weighted by Crippen LogP contribution is -2.69. The molecule has 1 aliphatic carbocycles. The molecule has 0 aromatic carbocycles. The fourth-order valence-corrected chi connectivity index (χ4v) is 3.18. The van der Waals surface area contributed by atoms with Crippen LogP contribution in [0.5, 0.6) is 0 Å². The Morgan fingerprint density at radius 3 is 2.60 bits per heavy atom. The summed E-state index contributed by atoms with van der Waals surface area (Å²) < 4.78 is 0. The van der Waals surface area contributed by atoms with Gasteiger partial charge in [-0.05, 0) is 38.8 Å². The van der Waals surface area contributed by atoms with Gasteiger partial charge < -0.3 is 5.32 Å². The molecule has 2 heterocycles. The van der Waals surface area contributed by atoms with Crippen molar-refractivity contribution in [3.63, 3.8) is 0 Å². The van der Waals surface area contributed by atoms with E-state index in [1.54, 1.807) is 18.0 Å². The Kier molecular flexibility index (Phi) is 3.00. The van der Waals surface area contributed by atoms with Crippen LogP contribution >= 0.6 is 0 Å². The van der Waals surface area contributed by atoms with Crippen molar-refractivity contribution in [1.82, 2.24) is 10.3 Å². The van der Waals surface area contributed by atoms with Gasteiger partial charge in [0.1, 0.15) is 11.6 Å². The molecule has 1 unspecified atom stereocenters. The summed E-state index contributed by atoms with van der Waals surface area (Å²) in [6, 6.07) is 3.24. The fraction of sp³-hybridized carbons (Fsp3) is 0.533. The van der Waals surface area contributed by atoms with E-state index in [4.69, 9.17) is 0 Å². The van der Waals surface area contributed by atoms with Crippen LogP contribution in [0.3, 0.4) is 0 Å². The summed E-state index contributed by atoms with van der Waals surface area (Å²) in [5, 5.41) is 2.95. The number of hydrogen-bond donors (Lipinski definition) is 1. The molecule has 2 aliphatic rings. The van der Waals surface area contributed by atoms with E-state index in [-0.39, 0.29) is 11.8 Å². The van der Waals surface area contributed by atoms with Gasteiger partial charge in [-0.25, -0.2) is 0 Å². The van der Waals surface area contributed by atoms with Crippen molar-refractivity contribution in [2.24, 2.45) is 0 Å². The fourth-order valence-electron chi connectivity index (χ4n) is 3.18. The summed E-state index contributed by atoms with van der Waals surface area (Å²) in [5.74, 6) is -0.0696. The first-order chi connectivity index (χ1) is 9.53. The molecule has 1 spiro atoms. The van der Waals surface area contributed by atoms with E-state index in [2.05, 4.69) is 10.3 Å². The summed E-state index contributed by atoms with van der Waals surface area (Å²) in [6.07, 6.45) is 5.12. The van der Waals surface area contributed by atoms with Gasteiger partial charge in [-0.1, -0.05) is 12.8 Å².